The number of anilines is 1. The summed E-state index contributed by atoms with van der Waals surface area (Å²) in [6.45, 7) is 5.87. The fraction of sp³-hybridized carbons (Fsp3) is 0.588. The molecule has 2 aliphatic rings. The van der Waals surface area contributed by atoms with Crippen LogP contribution in [0.5, 0.6) is 0 Å². The van der Waals surface area contributed by atoms with Gasteiger partial charge in [-0.15, -0.1) is 0 Å². The van der Waals surface area contributed by atoms with E-state index in [-0.39, 0.29) is 5.91 Å². The topological polar surface area (TPSA) is 57.7 Å². The number of hydrogen-bond donors (Lipinski definition) is 0. The minimum Gasteiger partial charge on any atom is -0.312 e. The maximum Gasteiger partial charge on any atom is 0.243 e. The molecule has 1 atom stereocenters. The SMILES string of the molecule is Cc1cc(S(=O)(=O)N2CCC[C@H](C)C2)ccc1N1CCCC1=O. The van der Waals surface area contributed by atoms with Gasteiger partial charge in [0.15, 0.2) is 0 Å². The number of hydrogen-bond acceptors (Lipinski definition) is 3. The molecule has 2 saturated heterocycles. The molecule has 2 aliphatic heterocycles. The summed E-state index contributed by atoms with van der Waals surface area (Å²) in [7, 11) is -3.44. The summed E-state index contributed by atoms with van der Waals surface area (Å²) in [5.74, 6) is 0.523. The highest BCUT2D eigenvalue weighted by Crippen LogP contribution is 2.29. The molecule has 0 unspecified atom stereocenters. The Bertz CT molecular complexity index is 715. The van der Waals surface area contributed by atoms with Gasteiger partial charge in [0.2, 0.25) is 15.9 Å². The van der Waals surface area contributed by atoms with E-state index in [1.54, 1.807) is 27.4 Å². The lowest BCUT2D eigenvalue weighted by molar-refractivity contribution is -0.117. The monoisotopic (exact) mass is 336 g/mol. The van der Waals surface area contributed by atoms with E-state index < -0.39 is 10.0 Å². The van der Waals surface area contributed by atoms with Crippen molar-refractivity contribution in [1.29, 1.82) is 0 Å². The van der Waals surface area contributed by atoms with Crippen molar-refractivity contribution in [2.45, 2.75) is 44.4 Å². The predicted octanol–water partition coefficient (Wildman–Crippen LogP) is 2.54. The van der Waals surface area contributed by atoms with Gasteiger partial charge in [-0.2, -0.15) is 4.31 Å². The fourth-order valence-electron chi connectivity index (χ4n) is 3.51. The molecule has 3 rings (SSSR count). The van der Waals surface area contributed by atoms with Crippen molar-refractivity contribution in [3.05, 3.63) is 23.8 Å². The third-order valence-corrected chi connectivity index (χ3v) is 6.65. The van der Waals surface area contributed by atoms with E-state index in [1.807, 2.05) is 6.92 Å². The largest absolute Gasteiger partial charge is 0.312 e. The van der Waals surface area contributed by atoms with Gasteiger partial charge in [0.25, 0.3) is 0 Å². The van der Waals surface area contributed by atoms with E-state index in [0.717, 1.165) is 37.1 Å². The van der Waals surface area contributed by atoms with Crippen LogP contribution in [0.4, 0.5) is 5.69 Å². The molecule has 126 valence electrons. The van der Waals surface area contributed by atoms with Crippen LogP contribution in [0.2, 0.25) is 0 Å². The lowest BCUT2D eigenvalue weighted by atomic mass is 10.0. The van der Waals surface area contributed by atoms with Crippen molar-refractivity contribution in [2.24, 2.45) is 5.92 Å². The Morgan fingerprint density at radius 1 is 1.17 bits per heavy atom. The van der Waals surface area contributed by atoms with E-state index in [4.69, 9.17) is 0 Å². The van der Waals surface area contributed by atoms with Crippen molar-refractivity contribution in [2.75, 3.05) is 24.5 Å². The van der Waals surface area contributed by atoms with Crippen LogP contribution in [0.25, 0.3) is 0 Å². The third-order valence-electron chi connectivity index (χ3n) is 4.79. The van der Waals surface area contributed by atoms with Gasteiger partial charge in [-0.3, -0.25) is 4.79 Å². The van der Waals surface area contributed by atoms with E-state index in [0.29, 0.717) is 30.3 Å². The molecule has 1 amide bonds. The summed E-state index contributed by atoms with van der Waals surface area (Å²) in [4.78, 5) is 14.0. The Labute approximate surface area is 138 Å². The van der Waals surface area contributed by atoms with Gasteiger partial charge in [-0.25, -0.2) is 8.42 Å². The molecule has 0 aromatic heterocycles. The molecule has 1 aromatic carbocycles. The summed E-state index contributed by atoms with van der Waals surface area (Å²) < 4.78 is 27.2. The van der Waals surface area contributed by atoms with Crippen molar-refractivity contribution in [3.63, 3.8) is 0 Å². The summed E-state index contributed by atoms with van der Waals surface area (Å²) in [5.41, 5.74) is 1.67. The molecule has 0 bridgehead atoms. The third kappa shape index (κ3) is 3.15. The number of aryl methyl sites for hydroxylation is 1. The number of piperidine rings is 1. The highest BCUT2D eigenvalue weighted by Gasteiger charge is 2.30. The first kappa shape index (κ1) is 16.5. The quantitative estimate of drug-likeness (QED) is 0.852. The van der Waals surface area contributed by atoms with E-state index in [1.165, 1.54) is 0 Å². The molecule has 2 fully saturated rings. The van der Waals surface area contributed by atoms with Gasteiger partial charge < -0.3 is 4.90 Å². The van der Waals surface area contributed by atoms with Gasteiger partial charge in [0.05, 0.1) is 4.90 Å². The zero-order chi connectivity index (χ0) is 16.6. The molecule has 2 heterocycles. The maximum atomic E-state index is 12.8. The Kier molecular flexibility index (Phi) is 4.47. The number of amides is 1. The Balaban J connectivity index is 1.88. The molecule has 0 radical (unpaired) electrons. The first-order valence-electron chi connectivity index (χ1n) is 8.31. The second-order valence-corrected chi connectivity index (χ2v) is 8.65. The van der Waals surface area contributed by atoms with E-state index >= 15 is 0 Å². The first-order chi connectivity index (χ1) is 10.9. The second kappa shape index (κ2) is 6.24. The van der Waals surface area contributed by atoms with Gasteiger partial charge in [-0.1, -0.05) is 6.92 Å². The van der Waals surface area contributed by atoms with Crippen LogP contribution >= 0.6 is 0 Å². The molecule has 0 aliphatic carbocycles. The van der Waals surface area contributed by atoms with Crippen molar-refractivity contribution >= 4 is 21.6 Å². The number of carbonyl (C=O) groups is 1. The van der Waals surface area contributed by atoms with Crippen molar-refractivity contribution in [3.8, 4) is 0 Å². The van der Waals surface area contributed by atoms with Crippen LogP contribution in [0.3, 0.4) is 0 Å². The lowest BCUT2D eigenvalue weighted by Gasteiger charge is -2.30. The summed E-state index contributed by atoms with van der Waals surface area (Å²) in [6, 6.07) is 5.12. The van der Waals surface area contributed by atoms with Crippen LogP contribution in [-0.2, 0) is 14.8 Å². The summed E-state index contributed by atoms with van der Waals surface area (Å²) in [6.07, 6.45) is 3.44. The normalized spacial score (nSPS) is 23.5. The first-order valence-corrected chi connectivity index (χ1v) is 9.75. The lowest BCUT2D eigenvalue weighted by Crippen LogP contribution is -2.39. The number of carbonyl (C=O) groups excluding carboxylic acids is 1. The minimum atomic E-state index is -3.44. The number of sulfonamides is 1. The van der Waals surface area contributed by atoms with Crippen LogP contribution < -0.4 is 4.90 Å². The van der Waals surface area contributed by atoms with Gasteiger partial charge in [0.1, 0.15) is 0 Å². The summed E-state index contributed by atoms with van der Waals surface area (Å²) >= 11 is 0. The molecule has 23 heavy (non-hydrogen) atoms. The molecule has 0 saturated carbocycles. The standard InChI is InChI=1S/C17H24N2O3S/c1-13-5-3-9-18(12-13)23(21,22)15-7-8-16(14(2)11-15)19-10-4-6-17(19)20/h7-8,11,13H,3-6,9-10,12H2,1-2H3/t13-/m0/s1. The zero-order valence-corrected chi connectivity index (χ0v) is 14.6. The van der Waals surface area contributed by atoms with Crippen LogP contribution in [0.1, 0.15) is 38.2 Å². The van der Waals surface area contributed by atoms with Crippen LogP contribution in [-0.4, -0.2) is 38.3 Å². The number of nitrogens with zero attached hydrogens (tertiary/aromatic N) is 2. The highest BCUT2D eigenvalue weighted by molar-refractivity contribution is 7.89. The average molecular weight is 336 g/mol. The fourth-order valence-corrected chi connectivity index (χ4v) is 5.19. The molecule has 5 nitrogen and oxygen atoms in total. The van der Waals surface area contributed by atoms with Gasteiger partial charge in [0, 0.05) is 31.7 Å². The van der Waals surface area contributed by atoms with Gasteiger partial charge >= 0.3 is 0 Å². The molecule has 1 aromatic rings. The molecule has 6 heteroatoms. The Morgan fingerprint density at radius 2 is 1.96 bits per heavy atom. The van der Waals surface area contributed by atoms with Crippen molar-refractivity contribution in [1.82, 2.24) is 4.31 Å². The minimum absolute atomic E-state index is 0.119. The molecule has 0 N–H and O–H groups in total. The smallest absolute Gasteiger partial charge is 0.243 e. The Morgan fingerprint density at radius 3 is 2.57 bits per heavy atom. The molecule has 0 spiro atoms. The predicted molar refractivity (Wildman–Crippen MR) is 89.9 cm³/mol. The Hall–Kier alpha value is -1.40. The average Bonchev–Trinajstić information content (AvgIpc) is 2.93. The molecular formula is C17H24N2O3S. The maximum absolute atomic E-state index is 12.8. The van der Waals surface area contributed by atoms with Gasteiger partial charge in [-0.05, 0) is 55.9 Å². The summed E-state index contributed by atoms with van der Waals surface area (Å²) in [5, 5.41) is 0. The number of benzene rings is 1. The number of rotatable bonds is 3. The molecular weight excluding hydrogens is 312 g/mol. The van der Waals surface area contributed by atoms with E-state index in [9.17, 15) is 13.2 Å². The second-order valence-electron chi connectivity index (χ2n) is 6.71. The van der Waals surface area contributed by atoms with Crippen molar-refractivity contribution < 1.29 is 13.2 Å². The zero-order valence-electron chi connectivity index (χ0n) is 13.8. The highest BCUT2D eigenvalue weighted by atomic mass is 32.2. The van der Waals surface area contributed by atoms with E-state index in [2.05, 4.69) is 6.92 Å². The van der Waals surface area contributed by atoms with Crippen LogP contribution in [0.15, 0.2) is 23.1 Å². The van der Waals surface area contributed by atoms with Crippen LogP contribution in [0, 0.1) is 12.8 Å².